The minimum Gasteiger partial charge on any atom is -0.383 e. The molecule has 0 unspecified atom stereocenters. The van der Waals surface area contributed by atoms with Crippen LogP contribution >= 0.6 is 11.6 Å². The Morgan fingerprint density at radius 3 is 2.87 bits per heavy atom. The summed E-state index contributed by atoms with van der Waals surface area (Å²) in [5, 5.41) is 5.34. The maximum absolute atomic E-state index is 13.4. The Hall–Kier alpha value is -4.08. The van der Waals surface area contributed by atoms with Crippen LogP contribution in [0.4, 0.5) is 14.6 Å². The third-order valence-corrected chi connectivity index (χ3v) is 6.85. The van der Waals surface area contributed by atoms with E-state index in [2.05, 4.69) is 38.5 Å². The summed E-state index contributed by atoms with van der Waals surface area (Å²) >= 11 is 6.40. The third kappa shape index (κ3) is 4.33. The Morgan fingerprint density at radius 1 is 1.37 bits per heavy atom. The molecule has 10 nitrogen and oxygen atoms in total. The van der Waals surface area contributed by atoms with Gasteiger partial charge in [-0.15, -0.1) is 0 Å². The highest BCUT2D eigenvalue weighted by molar-refractivity contribution is 6.32. The van der Waals surface area contributed by atoms with Crippen molar-refractivity contribution in [3.05, 3.63) is 53.2 Å². The number of nitrogen functional groups attached to an aromatic ring is 1. The highest BCUT2D eigenvalue weighted by Crippen LogP contribution is 2.32. The molecule has 13 heteroatoms. The predicted molar refractivity (Wildman–Crippen MR) is 138 cm³/mol. The van der Waals surface area contributed by atoms with Crippen LogP contribution in [-0.4, -0.2) is 66.4 Å². The number of benzene rings is 1. The lowest BCUT2D eigenvalue weighted by Gasteiger charge is -2.22. The SMILES string of the molecule is C=CC(=O)N1C[C@@H](n2nc(C#Cc3cc4nc(C)n(C(F)F)c4cc3Cl)c3c(N)ncnc32)C[C@@H]1COC. The van der Waals surface area contributed by atoms with Gasteiger partial charge in [-0.05, 0) is 37.5 Å². The van der Waals surface area contributed by atoms with Crippen LogP contribution in [0, 0.1) is 18.8 Å². The van der Waals surface area contributed by atoms with E-state index in [1.807, 2.05) is 0 Å². The summed E-state index contributed by atoms with van der Waals surface area (Å²) in [4.78, 5) is 26.8. The number of halogens is 3. The first-order valence-corrected chi connectivity index (χ1v) is 12.0. The molecule has 0 radical (unpaired) electrons. The zero-order valence-electron chi connectivity index (χ0n) is 20.5. The first-order chi connectivity index (χ1) is 18.2. The van der Waals surface area contributed by atoms with Gasteiger partial charge in [0.15, 0.2) is 5.65 Å². The van der Waals surface area contributed by atoms with Crippen molar-refractivity contribution in [2.75, 3.05) is 26.0 Å². The number of aromatic nitrogens is 6. The van der Waals surface area contributed by atoms with E-state index in [1.54, 1.807) is 22.8 Å². The number of alkyl halides is 2. The molecular weight excluding hydrogens is 518 g/mol. The Bertz CT molecular complexity index is 1640. The van der Waals surface area contributed by atoms with Gasteiger partial charge >= 0.3 is 6.55 Å². The van der Waals surface area contributed by atoms with Crippen LogP contribution < -0.4 is 5.73 Å². The van der Waals surface area contributed by atoms with Crippen molar-refractivity contribution in [2.24, 2.45) is 0 Å². The van der Waals surface area contributed by atoms with Gasteiger partial charge in [0, 0.05) is 19.2 Å². The smallest absolute Gasteiger partial charge is 0.320 e. The minimum atomic E-state index is -2.75. The van der Waals surface area contributed by atoms with E-state index in [0.29, 0.717) is 47.4 Å². The highest BCUT2D eigenvalue weighted by atomic mass is 35.5. The predicted octanol–water partition coefficient (Wildman–Crippen LogP) is 3.49. The van der Waals surface area contributed by atoms with Crippen molar-refractivity contribution in [3.63, 3.8) is 0 Å². The summed E-state index contributed by atoms with van der Waals surface area (Å²) in [6.45, 7) is 3.08. The second-order valence-corrected chi connectivity index (χ2v) is 9.23. The molecule has 1 aromatic carbocycles. The quantitative estimate of drug-likeness (QED) is 0.304. The largest absolute Gasteiger partial charge is 0.383 e. The number of carbonyl (C=O) groups is 1. The van der Waals surface area contributed by atoms with Crippen LogP contribution in [0.5, 0.6) is 0 Å². The zero-order chi connectivity index (χ0) is 27.1. The van der Waals surface area contributed by atoms with Gasteiger partial charge in [0.25, 0.3) is 0 Å². The lowest BCUT2D eigenvalue weighted by Crippen LogP contribution is -2.37. The van der Waals surface area contributed by atoms with E-state index in [1.165, 1.54) is 25.4 Å². The number of methoxy groups -OCH3 is 1. The fraction of sp³-hybridized carbons (Fsp3) is 0.320. The lowest BCUT2D eigenvalue weighted by molar-refractivity contribution is -0.127. The molecule has 0 bridgehead atoms. The Kier molecular flexibility index (Phi) is 6.73. The number of hydrogen-bond acceptors (Lipinski definition) is 7. The third-order valence-electron chi connectivity index (χ3n) is 6.54. The van der Waals surface area contributed by atoms with Gasteiger partial charge in [-0.1, -0.05) is 24.1 Å². The standard InChI is InChI=1S/C25H23ClF2N8O2/c1-4-21(37)34-10-15(8-16(34)11-38-3)36-24-22(23(29)30-12-31-24)18(33-36)6-5-14-7-19-20(9-17(14)26)35(25(27)28)13(2)32-19/h4,7,9,12,15-16,25H,1,8,10-11H2,2-3H3,(H2,29,30,31)/t15-,16+/m0/s1. The van der Waals surface area contributed by atoms with E-state index in [0.717, 1.165) is 4.57 Å². The van der Waals surface area contributed by atoms with Crippen molar-refractivity contribution < 1.29 is 18.3 Å². The molecule has 5 rings (SSSR count). The molecule has 3 aromatic heterocycles. The molecule has 1 amide bonds. The number of nitrogens with zero attached hydrogens (tertiary/aromatic N) is 7. The number of fused-ring (bicyclic) bond motifs is 2. The number of carbonyl (C=O) groups excluding carboxylic acids is 1. The van der Waals surface area contributed by atoms with Crippen LogP contribution in [0.15, 0.2) is 31.1 Å². The van der Waals surface area contributed by atoms with Gasteiger partial charge in [0.05, 0.1) is 40.1 Å². The molecule has 1 fully saturated rings. The van der Waals surface area contributed by atoms with Crippen LogP contribution in [0.25, 0.3) is 22.1 Å². The van der Waals surface area contributed by atoms with E-state index < -0.39 is 6.55 Å². The molecule has 38 heavy (non-hydrogen) atoms. The number of amides is 1. The fourth-order valence-electron chi connectivity index (χ4n) is 4.85. The normalized spacial score (nSPS) is 17.4. The zero-order valence-corrected chi connectivity index (χ0v) is 21.3. The molecule has 1 aliphatic rings. The van der Waals surface area contributed by atoms with Gasteiger partial charge < -0.3 is 15.4 Å². The average Bonchev–Trinajstić information content (AvgIpc) is 3.55. The van der Waals surface area contributed by atoms with Crippen molar-refractivity contribution in [3.8, 4) is 11.8 Å². The molecule has 1 saturated heterocycles. The summed E-state index contributed by atoms with van der Waals surface area (Å²) in [7, 11) is 1.58. The Labute approximate surface area is 221 Å². The maximum atomic E-state index is 13.4. The van der Waals surface area contributed by atoms with E-state index >= 15 is 0 Å². The molecule has 2 N–H and O–H groups in total. The van der Waals surface area contributed by atoms with Crippen LogP contribution in [0.1, 0.15) is 36.1 Å². The fourth-order valence-corrected chi connectivity index (χ4v) is 5.05. The number of aryl methyl sites for hydroxylation is 1. The number of imidazole rings is 1. The Morgan fingerprint density at radius 2 is 2.16 bits per heavy atom. The number of likely N-dealkylation sites (tertiary alicyclic amines) is 1. The van der Waals surface area contributed by atoms with Crippen molar-refractivity contribution in [2.45, 2.75) is 32.0 Å². The maximum Gasteiger partial charge on any atom is 0.320 e. The average molecular weight is 541 g/mol. The van der Waals surface area contributed by atoms with E-state index in [4.69, 9.17) is 22.1 Å². The second kappa shape index (κ2) is 10.00. The van der Waals surface area contributed by atoms with Crippen LogP contribution in [-0.2, 0) is 9.53 Å². The molecule has 0 aliphatic carbocycles. The minimum absolute atomic E-state index is 0.162. The summed E-state index contributed by atoms with van der Waals surface area (Å²) in [6.07, 6.45) is 3.19. The van der Waals surface area contributed by atoms with Crippen LogP contribution in [0.2, 0.25) is 5.02 Å². The van der Waals surface area contributed by atoms with Crippen molar-refractivity contribution >= 4 is 45.4 Å². The molecule has 4 heterocycles. The molecule has 1 aliphatic heterocycles. The summed E-state index contributed by atoms with van der Waals surface area (Å²) in [5.74, 6) is 6.12. The van der Waals surface area contributed by atoms with Gasteiger partial charge in [0.1, 0.15) is 23.7 Å². The summed E-state index contributed by atoms with van der Waals surface area (Å²) < 4.78 is 34.7. The van der Waals surface area contributed by atoms with Gasteiger partial charge in [-0.3, -0.25) is 9.36 Å². The van der Waals surface area contributed by atoms with Crippen LogP contribution in [0.3, 0.4) is 0 Å². The second-order valence-electron chi connectivity index (χ2n) is 8.82. The van der Waals surface area contributed by atoms with Gasteiger partial charge in [0.2, 0.25) is 5.91 Å². The number of ether oxygens (including phenoxy) is 1. The van der Waals surface area contributed by atoms with Gasteiger partial charge in [-0.25, -0.2) is 19.6 Å². The Balaban J connectivity index is 1.57. The van der Waals surface area contributed by atoms with Crippen molar-refractivity contribution in [1.29, 1.82) is 0 Å². The number of hydrogen-bond donors (Lipinski definition) is 1. The number of rotatable bonds is 5. The topological polar surface area (TPSA) is 117 Å². The monoisotopic (exact) mass is 540 g/mol. The van der Waals surface area contributed by atoms with E-state index in [-0.39, 0.29) is 40.2 Å². The first kappa shape index (κ1) is 25.6. The first-order valence-electron chi connectivity index (χ1n) is 11.6. The summed E-state index contributed by atoms with van der Waals surface area (Å²) in [5.41, 5.74) is 7.92. The molecule has 2 atom stereocenters. The molecule has 196 valence electrons. The lowest BCUT2D eigenvalue weighted by atomic mass is 10.2. The molecular formula is C25H23ClF2N8O2. The molecule has 0 saturated carbocycles. The highest BCUT2D eigenvalue weighted by Gasteiger charge is 2.37. The molecule has 4 aromatic rings. The van der Waals surface area contributed by atoms with Crippen molar-refractivity contribution in [1.82, 2.24) is 34.2 Å². The van der Waals surface area contributed by atoms with E-state index in [9.17, 15) is 13.6 Å². The van der Waals surface area contributed by atoms with Gasteiger partial charge in [-0.2, -0.15) is 13.9 Å². The number of anilines is 1. The molecule has 0 spiro atoms. The summed E-state index contributed by atoms with van der Waals surface area (Å²) in [6, 6.07) is 2.60. The number of nitrogens with two attached hydrogens (primary N) is 1.